The fourth-order valence-corrected chi connectivity index (χ4v) is 2.67. The maximum absolute atomic E-state index is 13.1. The number of thiophene rings is 1. The molecule has 1 unspecified atom stereocenters. The van der Waals surface area contributed by atoms with Crippen molar-refractivity contribution in [2.45, 2.75) is 31.1 Å². The highest BCUT2D eigenvalue weighted by Crippen LogP contribution is 2.27. The molecule has 1 heterocycles. The number of carbonyl (C=O) groups is 1. The number of fused-ring (bicyclic) bond motifs is 1. The van der Waals surface area contributed by atoms with Crippen LogP contribution >= 0.6 is 27.3 Å². The summed E-state index contributed by atoms with van der Waals surface area (Å²) in [6.07, 6.45) is 0. The first-order valence-corrected chi connectivity index (χ1v) is 7.68. The molecule has 0 aliphatic heterocycles. The normalized spacial score (nSPS) is 13.5. The highest BCUT2D eigenvalue weighted by molar-refractivity contribution is 9.09. The van der Waals surface area contributed by atoms with E-state index in [0.717, 1.165) is 10.1 Å². The molecule has 2 aromatic rings. The van der Waals surface area contributed by atoms with Gasteiger partial charge in [0, 0.05) is 15.1 Å². The topological polar surface area (TPSA) is 29.1 Å². The molecule has 1 atom stereocenters. The first-order valence-electron chi connectivity index (χ1n) is 5.95. The van der Waals surface area contributed by atoms with Crippen LogP contribution in [0.1, 0.15) is 30.4 Å². The molecule has 0 aliphatic carbocycles. The van der Waals surface area contributed by atoms with Crippen LogP contribution in [-0.2, 0) is 0 Å². The molecule has 1 aromatic carbocycles. The predicted octanol–water partition coefficient (Wildman–Crippen LogP) is 4.33. The van der Waals surface area contributed by atoms with Gasteiger partial charge < -0.3 is 5.32 Å². The minimum atomic E-state index is -0.349. The zero-order valence-electron chi connectivity index (χ0n) is 11.0. The van der Waals surface area contributed by atoms with E-state index in [-0.39, 0.29) is 22.1 Å². The Morgan fingerprint density at radius 3 is 2.74 bits per heavy atom. The van der Waals surface area contributed by atoms with Gasteiger partial charge in [-0.1, -0.05) is 28.9 Å². The molecule has 2 rings (SSSR count). The molecule has 0 spiro atoms. The van der Waals surface area contributed by atoms with Crippen molar-refractivity contribution in [3.63, 3.8) is 0 Å². The number of halogens is 2. The van der Waals surface area contributed by atoms with Gasteiger partial charge in [0.05, 0.1) is 4.88 Å². The number of nitrogens with one attached hydrogen (secondary N) is 1. The van der Waals surface area contributed by atoms with Gasteiger partial charge in [0.1, 0.15) is 5.82 Å². The van der Waals surface area contributed by atoms with Crippen LogP contribution in [0.3, 0.4) is 0 Å². The predicted molar refractivity (Wildman–Crippen MR) is 81.7 cm³/mol. The molecule has 19 heavy (non-hydrogen) atoms. The summed E-state index contributed by atoms with van der Waals surface area (Å²) in [5.41, 5.74) is -0.349. The van der Waals surface area contributed by atoms with Crippen LogP contribution in [0.15, 0.2) is 24.3 Å². The summed E-state index contributed by atoms with van der Waals surface area (Å²) in [6, 6.07) is 6.34. The molecule has 0 bridgehead atoms. The van der Waals surface area contributed by atoms with Gasteiger partial charge in [0.25, 0.3) is 5.91 Å². The monoisotopic (exact) mass is 343 g/mol. The third kappa shape index (κ3) is 3.15. The lowest BCUT2D eigenvalue weighted by molar-refractivity contribution is 0.0918. The molecule has 1 aromatic heterocycles. The first kappa shape index (κ1) is 14.5. The van der Waals surface area contributed by atoms with E-state index in [1.807, 2.05) is 20.8 Å². The zero-order chi connectivity index (χ0) is 14.2. The third-order valence-corrected chi connectivity index (χ3v) is 5.38. The third-order valence-electron chi connectivity index (χ3n) is 3.14. The highest BCUT2D eigenvalue weighted by atomic mass is 79.9. The average Bonchev–Trinajstić information content (AvgIpc) is 2.71. The van der Waals surface area contributed by atoms with Crippen molar-refractivity contribution in [3.05, 3.63) is 35.0 Å². The van der Waals surface area contributed by atoms with Crippen molar-refractivity contribution in [3.8, 4) is 0 Å². The Hall–Kier alpha value is -0.940. The summed E-state index contributed by atoms with van der Waals surface area (Å²) < 4.78 is 13.9. The van der Waals surface area contributed by atoms with Crippen molar-refractivity contribution in [2.75, 3.05) is 0 Å². The molecule has 102 valence electrons. The first-order chi connectivity index (χ1) is 8.79. The lowest BCUT2D eigenvalue weighted by Crippen LogP contribution is -2.48. The quantitative estimate of drug-likeness (QED) is 0.825. The van der Waals surface area contributed by atoms with Gasteiger partial charge in [-0.3, -0.25) is 4.79 Å². The largest absolute Gasteiger partial charge is 0.345 e. The van der Waals surface area contributed by atoms with Crippen molar-refractivity contribution >= 4 is 43.3 Å². The summed E-state index contributed by atoms with van der Waals surface area (Å²) in [5.74, 6) is -0.409. The van der Waals surface area contributed by atoms with Crippen molar-refractivity contribution in [1.29, 1.82) is 0 Å². The zero-order valence-corrected chi connectivity index (χ0v) is 13.4. The van der Waals surface area contributed by atoms with Crippen LogP contribution in [-0.4, -0.2) is 16.3 Å². The van der Waals surface area contributed by atoms with Crippen molar-refractivity contribution in [2.24, 2.45) is 0 Å². The Morgan fingerprint density at radius 1 is 1.42 bits per heavy atom. The molecule has 0 fully saturated rings. The van der Waals surface area contributed by atoms with Crippen LogP contribution in [0.25, 0.3) is 10.1 Å². The number of amides is 1. The average molecular weight is 344 g/mol. The van der Waals surface area contributed by atoms with E-state index < -0.39 is 0 Å². The second-order valence-corrected chi connectivity index (χ2v) is 7.54. The Kier molecular flexibility index (Phi) is 3.97. The molecular formula is C14H15BrFNOS. The van der Waals surface area contributed by atoms with Gasteiger partial charge in [-0.2, -0.15) is 0 Å². The Balaban J connectivity index is 2.27. The van der Waals surface area contributed by atoms with Crippen molar-refractivity contribution in [1.82, 2.24) is 5.32 Å². The molecule has 0 saturated carbocycles. The van der Waals surface area contributed by atoms with Crippen LogP contribution in [0, 0.1) is 5.82 Å². The van der Waals surface area contributed by atoms with E-state index in [1.54, 1.807) is 12.1 Å². The van der Waals surface area contributed by atoms with Crippen LogP contribution in [0.5, 0.6) is 0 Å². The molecule has 0 aliphatic rings. The van der Waals surface area contributed by atoms with Gasteiger partial charge in [0.15, 0.2) is 0 Å². The minimum Gasteiger partial charge on any atom is -0.345 e. The van der Waals surface area contributed by atoms with Gasteiger partial charge in [-0.25, -0.2) is 4.39 Å². The number of hydrogen-bond donors (Lipinski definition) is 1. The number of rotatable bonds is 3. The van der Waals surface area contributed by atoms with Crippen LogP contribution in [0.4, 0.5) is 4.39 Å². The van der Waals surface area contributed by atoms with Gasteiger partial charge in [-0.05, 0) is 37.4 Å². The second kappa shape index (κ2) is 5.21. The maximum atomic E-state index is 13.1. The molecular weight excluding hydrogens is 329 g/mol. The van der Waals surface area contributed by atoms with Gasteiger partial charge in [0.2, 0.25) is 0 Å². The lowest BCUT2D eigenvalue weighted by atomic mass is 10.0. The molecule has 1 amide bonds. The molecule has 2 nitrogen and oxygen atoms in total. The van der Waals surface area contributed by atoms with Crippen LogP contribution in [0.2, 0.25) is 0 Å². The van der Waals surface area contributed by atoms with E-state index in [4.69, 9.17) is 0 Å². The standard InChI is InChI=1S/C14H15BrFNOS/c1-8(15)14(2,3)17-13(18)12-6-9-4-5-10(16)7-11(9)19-12/h4-8H,1-3H3,(H,17,18). The molecule has 5 heteroatoms. The Labute approximate surface area is 124 Å². The lowest BCUT2D eigenvalue weighted by Gasteiger charge is -2.28. The number of benzene rings is 1. The molecule has 0 saturated heterocycles. The number of alkyl halides is 1. The smallest absolute Gasteiger partial charge is 0.261 e. The van der Waals surface area contributed by atoms with E-state index in [2.05, 4.69) is 21.2 Å². The van der Waals surface area contributed by atoms with Gasteiger partial charge in [-0.15, -0.1) is 11.3 Å². The summed E-state index contributed by atoms with van der Waals surface area (Å²) in [7, 11) is 0. The Bertz CT molecular complexity index is 621. The Morgan fingerprint density at radius 2 is 2.11 bits per heavy atom. The summed E-state index contributed by atoms with van der Waals surface area (Å²) in [4.78, 5) is 13.0. The summed E-state index contributed by atoms with van der Waals surface area (Å²) in [6.45, 7) is 5.90. The van der Waals surface area contributed by atoms with E-state index >= 15 is 0 Å². The second-order valence-electron chi connectivity index (χ2n) is 5.08. The molecule has 0 radical (unpaired) electrons. The fourth-order valence-electron chi connectivity index (χ4n) is 1.57. The number of hydrogen-bond acceptors (Lipinski definition) is 2. The summed E-state index contributed by atoms with van der Waals surface area (Å²) in [5, 5.41) is 3.87. The van der Waals surface area contributed by atoms with Crippen molar-refractivity contribution < 1.29 is 9.18 Å². The fraction of sp³-hybridized carbons (Fsp3) is 0.357. The molecule has 1 N–H and O–H groups in total. The maximum Gasteiger partial charge on any atom is 0.261 e. The highest BCUT2D eigenvalue weighted by Gasteiger charge is 2.26. The minimum absolute atomic E-state index is 0.127. The number of carbonyl (C=O) groups excluding carboxylic acids is 1. The summed E-state index contributed by atoms with van der Waals surface area (Å²) >= 11 is 4.78. The van der Waals surface area contributed by atoms with E-state index in [0.29, 0.717) is 4.88 Å². The SMILES string of the molecule is CC(Br)C(C)(C)NC(=O)c1cc2ccc(F)cc2s1. The van der Waals surface area contributed by atoms with Crippen LogP contribution < -0.4 is 5.32 Å². The van der Waals surface area contributed by atoms with Gasteiger partial charge >= 0.3 is 0 Å². The van der Waals surface area contributed by atoms with E-state index in [9.17, 15) is 9.18 Å². The van der Waals surface area contributed by atoms with E-state index in [1.165, 1.54) is 23.5 Å².